The number of carbonyl (C=O) groups excluding carboxylic acids is 1. The van der Waals surface area contributed by atoms with E-state index in [0.717, 1.165) is 43.7 Å². The number of benzene rings is 2. The molecule has 10 nitrogen and oxygen atoms in total. The van der Waals surface area contributed by atoms with Crippen LogP contribution in [0.25, 0.3) is 16.7 Å². The molecule has 0 saturated heterocycles. The first-order chi connectivity index (χ1) is 19.0. The maximum Gasteiger partial charge on any atom is 0.278 e. The second kappa shape index (κ2) is 9.39. The molecule has 4 aromatic rings. The molecule has 10 heteroatoms. The van der Waals surface area contributed by atoms with Gasteiger partial charge in [0.1, 0.15) is 11.1 Å². The van der Waals surface area contributed by atoms with E-state index in [1.165, 1.54) is 11.1 Å². The lowest BCUT2D eigenvalue weighted by Gasteiger charge is -2.30. The summed E-state index contributed by atoms with van der Waals surface area (Å²) in [6, 6.07) is 12.0. The van der Waals surface area contributed by atoms with E-state index >= 15 is 0 Å². The third-order valence-corrected chi connectivity index (χ3v) is 7.67. The van der Waals surface area contributed by atoms with Crippen LogP contribution >= 0.6 is 0 Å². The summed E-state index contributed by atoms with van der Waals surface area (Å²) in [7, 11) is 2.14. The third kappa shape index (κ3) is 4.17. The first-order valence-electron chi connectivity index (χ1n) is 13.3. The monoisotopic (exact) mass is 523 g/mol. The lowest BCUT2D eigenvalue weighted by molar-refractivity contribution is -0.121. The molecule has 0 fully saturated rings. The average molecular weight is 524 g/mol. The van der Waals surface area contributed by atoms with Gasteiger partial charge >= 0.3 is 0 Å². The van der Waals surface area contributed by atoms with E-state index in [4.69, 9.17) is 9.72 Å². The molecule has 39 heavy (non-hydrogen) atoms. The van der Waals surface area contributed by atoms with Crippen LogP contribution in [0.15, 0.2) is 59.5 Å². The standard InChI is InChI=1S/C29H29N7O3/c1-33-13-10-19-14-21(7-6-20(19)17-33)31-29-30-16-23-27(32-29)36-22-8-9-25-24(15-22)34(26(37)18-39-25)11-4-2-3-5-12-35(36)28(23)38/h3,5-9,14-16H,2,4,10-13,17-18H2,1H3,(H,30,31,32)/b5-3-. The molecule has 5 heterocycles. The summed E-state index contributed by atoms with van der Waals surface area (Å²) in [5, 5.41) is 3.77. The number of hydrogen-bond donors (Lipinski definition) is 1. The van der Waals surface area contributed by atoms with E-state index in [-0.39, 0.29) is 18.1 Å². The summed E-state index contributed by atoms with van der Waals surface area (Å²) >= 11 is 0. The molecular formula is C29H29N7O3. The maximum atomic E-state index is 13.5. The van der Waals surface area contributed by atoms with Gasteiger partial charge in [-0.1, -0.05) is 18.2 Å². The molecular weight excluding hydrogens is 494 g/mol. The molecule has 7 rings (SSSR count). The number of carbonyl (C=O) groups is 1. The van der Waals surface area contributed by atoms with Crippen molar-refractivity contribution in [3.05, 3.63) is 76.2 Å². The first-order valence-corrected chi connectivity index (χ1v) is 13.3. The van der Waals surface area contributed by atoms with Gasteiger partial charge in [0.2, 0.25) is 5.95 Å². The number of likely N-dealkylation sites (N-methyl/N-ethyl adjacent to an activating group) is 1. The lowest BCUT2D eigenvalue weighted by Crippen LogP contribution is -2.39. The van der Waals surface area contributed by atoms with Crippen molar-refractivity contribution in [1.82, 2.24) is 24.2 Å². The topological polar surface area (TPSA) is 97.5 Å². The molecule has 1 N–H and O–H groups in total. The second-order valence-electron chi connectivity index (χ2n) is 10.3. The fraction of sp³-hybridized carbons (Fsp3) is 0.310. The van der Waals surface area contributed by atoms with Crippen LogP contribution in [-0.2, 0) is 24.3 Å². The summed E-state index contributed by atoms with van der Waals surface area (Å²) in [6.45, 7) is 3.01. The summed E-state index contributed by atoms with van der Waals surface area (Å²) in [5.74, 6) is 1.00. The summed E-state index contributed by atoms with van der Waals surface area (Å²) in [4.78, 5) is 39.6. The molecule has 0 atom stereocenters. The van der Waals surface area contributed by atoms with E-state index in [0.29, 0.717) is 41.5 Å². The van der Waals surface area contributed by atoms with Crippen molar-refractivity contribution in [2.45, 2.75) is 32.4 Å². The fourth-order valence-corrected chi connectivity index (χ4v) is 5.64. The number of aromatic nitrogens is 4. The summed E-state index contributed by atoms with van der Waals surface area (Å²) in [6.07, 6.45) is 8.27. The quantitative estimate of drug-likeness (QED) is 0.402. The lowest BCUT2D eigenvalue weighted by atomic mass is 9.99. The molecule has 2 aromatic carbocycles. The van der Waals surface area contributed by atoms with Crippen LogP contribution in [0.3, 0.4) is 0 Å². The number of nitrogens with zero attached hydrogens (tertiary/aromatic N) is 6. The number of hydrogen-bond acceptors (Lipinski definition) is 7. The smallest absolute Gasteiger partial charge is 0.278 e. The Balaban J connectivity index is 1.34. The van der Waals surface area contributed by atoms with Crippen molar-refractivity contribution in [3.8, 4) is 11.4 Å². The van der Waals surface area contributed by atoms with Crippen molar-refractivity contribution in [1.29, 1.82) is 0 Å². The van der Waals surface area contributed by atoms with Crippen LogP contribution in [0.4, 0.5) is 17.3 Å². The van der Waals surface area contributed by atoms with Crippen LogP contribution in [0.2, 0.25) is 0 Å². The molecule has 2 aromatic heterocycles. The highest BCUT2D eigenvalue weighted by atomic mass is 16.5. The molecule has 3 aliphatic heterocycles. The zero-order valence-electron chi connectivity index (χ0n) is 21.8. The Labute approximate surface area is 225 Å². The second-order valence-corrected chi connectivity index (χ2v) is 10.3. The molecule has 198 valence electrons. The Morgan fingerprint density at radius 1 is 1.03 bits per heavy atom. The zero-order chi connectivity index (χ0) is 26.5. The van der Waals surface area contributed by atoms with Crippen LogP contribution in [-0.4, -0.2) is 56.9 Å². The number of ether oxygens (including phenoxy) is 1. The Morgan fingerprint density at radius 2 is 1.95 bits per heavy atom. The summed E-state index contributed by atoms with van der Waals surface area (Å²) < 4.78 is 9.19. The maximum absolute atomic E-state index is 13.5. The minimum absolute atomic E-state index is 0.0288. The van der Waals surface area contributed by atoms with E-state index < -0.39 is 0 Å². The third-order valence-electron chi connectivity index (χ3n) is 7.67. The van der Waals surface area contributed by atoms with Gasteiger partial charge in [-0.2, -0.15) is 4.98 Å². The molecule has 3 aliphatic rings. The Morgan fingerprint density at radius 3 is 2.87 bits per heavy atom. The van der Waals surface area contributed by atoms with Crippen LogP contribution < -0.4 is 20.5 Å². The van der Waals surface area contributed by atoms with Gasteiger partial charge in [-0.25, -0.2) is 14.3 Å². The molecule has 0 aliphatic carbocycles. The highest BCUT2D eigenvalue weighted by Gasteiger charge is 2.27. The van der Waals surface area contributed by atoms with Gasteiger partial charge in [0, 0.05) is 31.5 Å². The average Bonchev–Trinajstić information content (AvgIpc) is 3.21. The van der Waals surface area contributed by atoms with Crippen molar-refractivity contribution in [2.75, 3.05) is 37.0 Å². The fourth-order valence-electron chi connectivity index (χ4n) is 5.64. The number of fused-ring (bicyclic) bond motifs is 6. The predicted octanol–water partition coefficient (Wildman–Crippen LogP) is 3.39. The normalized spacial score (nSPS) is 18.0. The SMILES string of the molecule is CN1CCc2cc(Nc3ncc4c(=O)n5n(c4n3)-c3ccc4c(c3)N(CCC/C=C\C5)C(=O)CO4)ccc2C1. The molecule has 0 radical (unpaired) electrons. The van der Waals surface area contributed by atoms with E-state index in [9.17, 15) is 9.59 Å². The van der Waals surface area contributed by atoms with Crippen LogP contribution in [0.1, 0.15) is 24.0 Å². The summed E-state index contributed by atoms with van der Waals surface area (Å²) in [5.41, 5.74) is 5.33. The van der Waals surface area contributed by atoms with Crippen molar-refractivity contribution in [2.24, 2.45) is 0 Å². The van der Waals surface area contributed by atoms with Gasteiger partial charge in [0.25, 0.3) is 11.5 Å². The van der Waals surface area contributed by atoms with E-state index in [1.54, 1.807) is 15.8 Å². The van der Waals surface area contributed by atoms with Crippen molar-refractivity contribution in [3.63, 3.8) is 0 Å². The highest BCUT2D eigenvalue weighted by Crippen LogP contribution is 2.35. The molecule has 0 unspecified atom stereocenters. The Bertz CT molecular complexity index is 1700. The molecule has 0 saturated carbocycles. The van der Waals surface area contributed by atoms with Gasteiger partial charge in [-0.15, -0.1) is 0 Å². The van der Waals surface area contributed by atoms with Crippen molar-refractivity contribution < 1.29 is 9.53 Å². The highest BCUT2D eigenvalue weighted by molar-refractivity contribution is 5.98. The van der Waals surface area contributed by atoms with Gasteiger partial charge in [0.05, 0.1) is 17.9 Å². The number of rotatable bonds is 2. The minimum Gasteiger partial charge on any atom is -0.482 e. The van der Waals surface area contributed by atoms with E-state index in [2.05, 4.69) is 40.5 Å². The Hall–Kier alpha value is -4.44. The number of allylic oxidation sites excluding steroid dienone is 2. The predicted molar refractivity (Wildman–Crippen MR) is 149 cm³/mol. The number of amides is 1. The van der Waals surface area contributed by atoms with Gasteiger partial charge in [-0.05, 0) is 67.8 Å². The largest absolute Gasteiger partial charge is 0.482 e. The Kier molecular flexibility index (Phi) is 5.70. The van der Waals surface area contributed by atoms with Gasteiger partial charge in [0.15, 0.2) is 12.3 Å². The van der Waals surface area contributed by atoms with Crippen LogP contribution in [0, 0.1) is 0 Å². The van der Waals surface area contributed by atoms with Crippen molar-refractivity contribution >= 4 is 34.3 Å². The first kappa shape index (κ1) is 23.7. The van der Waals surface area contributed by atoms with E-state index in [1.807, 2.05) is 35.0 Å². The van der Waals surface area contributed by atoms with Gasteiger partial charge < -0.3 is 19.9 Å². The van der Waals surface area contributed by atoms with Crippen LogP contribution in [0.5, 0.6) is 5.75 Å². The molecule has 2 bridgehead atoms. The van der Waals surface area contributed by atoms with Gasteiger partial charge in [-0.3, -0.25) is 9.59 Å². The zero-order valence-corrected chi connectivity index (χ0v) is 21.8. The number of anilines is 3. The minimum atomic E-state index is -0.168. The molecule has 1 amide bonds. The molecule has 0 spiro atoms. The number of nitrogens with one attached hydrogen (secondary N) is 1.